The van der Waals surface area contributed by atoms with E-state index in [1.165, 1.54) is 28.9 Å². The van der Waals surface area contributed by atoms with Gasteiger partial charge in [-0.2, -0.15) is 0 Å². The van der Waals surface area contributed by atoms with Gasteiger partial charge in [-0.15, -0.1) is 11.3 Å². The summed E-state index contributed by atoms with van der Waals surface area (Å²) in [6, 6.07) is 8.05. The maximum Gasteiger partial charge on any atom is 0.315 e. The van der Waals surface area contributed by atoms with Crippen molar-refractivity contribution in [1.29, 1.82) is 0 Å². The number of benzene rings is 1. The minimum absolute atomic E-state index is 0.274. The molecule has 2 rings (SSSR count). The van der Waals surface area contributed by atoms with Gasteiger partial charge in [0.25, 0.3) is 0 Å². The molecule has 1 aromatic heterocycles. The van der Waals surface area contributed by atoms with Crippen molar-refractivity contribution in [1.82, 2.24) is 4.98 Å². The third-order valence-electron chi connectivity index (χ3n) is 3.21. The summed E-state index contributed by atoms with van der Waals surface area (Å²) >= 11 is 1.39. The van der Waals surface area contributed by atoms with Gasteiger partial charge in [0.2, 0.25) is 5.91 Å². The monoisotopic (exact) mass is 318 g/mol. The van der Waals surface area contributed by atoms with Crippen LogP contribution in [0.1, 0.15) is 18.9 Å². The van der Waals surface area contributed by atoms with Gasteiger partial charge in [-0.1, -0.05) is 29.8 Å². The fraction of sp³-hybridized carbons (Fsp3) is 0.312. The number of methoxy groups -OCH3 is 1. The zero-order chi connectivity index (χ0) is 16.1. The van der Waals surface area contributed by atoms with Crippen LogP contribution in [0, 0.1) is 6.92 Å². The third kappa shape index (κ3) is 3.71. The van der Waals surface area contributed by atoms with Gasteiger partial charge in [0.15, 0.2) is 5.13 Å². The highest BCUT2D eigenvalue weighted by Gasteiger charge is 2.20. The standard InChI is InChI=1S/C16H18N2O3S/c1-4-18(14(19)9-15(20)21-3)16-17-13(10-22-16)12-7-5-11(2)6-8-12/h5-8,10H,4,9H2,1-3H3. The second kappa shape index (κ2) is 7.17. The molecule has 1 amide bonds. The van der Waals surface area contributed by atoms with Gasteiger partial charge in [-0.25, -0.2) is 4.98 Å². The number of carbonyl (C=O) groups excluding carboxylic acids is 2. The Balaban J connectivity index is 2.19. The molecule has 0 aliphatic carbocycles. The van der Waals surface area contributed by atoms with Crippen LogP contribution in [-0.2, 0) is 14.3 Å². The number of amides is 1. The molecule has 22 heavy (non-hydrogen) atoms. The summed E-state index contributed by atoms with van der Waals surface area (Å²) in [5.74, 6) is -0.849. The molecule has 5 nitrogen and oxygen atoms in total. The molecule has 1 aromatic carbocycles. The van der Waals surface area contributed by atoms with Crippen LogP contribution < -0.4 is 4.90 Å². The lowest BCUT2D eigenvalue weighted by Gasteiger charge is -2.16. The molecule has 0 bridgehead atoms. The Morgan fingerprint density at radius 1 is 1.27 bits per heavy atom. The first kappa shape index (κ1) is 16.2. The van der Waals surface area contributed by atoms with Crippen molar-refractivity contribution in [3.63, 3.8) is 0 Å². The fourth-order valence-corrected chi connectivity index (χ4v) is 2.87. The van der Waals surface area contributed by atoms with Crippen molar-refractivity contribution in [3.8, 4) is 11.3 Å². The van der Waals surface area contributed by atoms with Crippen molar-refractivity contribution in [3.05, 3.63) is 35.2 Å². The van der Waals surface area contributed by atoms with Gasteiger partial charge >= 0.3 is 5.97 Å². The van der Waals surface area contributed by atoms with E-state index in [4.69, 9.17) is 0 Å². The second-order valence-corrected chi connectivity index (χ2v) is 5.61. The molecule has 0 unspecified atom stereocenters. The highest BCUT2D eigenvalue weighted by Crippen LogP contribution is 2.28. The lowest BCUT2D eigenvalue weighted by Crippen LogP contribution is -2.32. The van der Waals surface area contributed by atoms with Crippen molar-refractivity contribution in [2.24, 2.45) is 0 Å². The van der Waals surface area contributed by atoms with Crippen LogP contribution in [0.5, 0.6) is 0 Å². The number of ether oxygens (including phenoxy) is 1. The van der Waals surface area contributed by atoms with Crippen molar-refractivity contribution >= 4 is 28.3 Å². The van der Waals surface area contributed by atoms with E-state index >= 15 is 0 Å². The van der Waals surface area contributed by atoms with E-state index in [1.807, 2.05) is 43.5 Å². The van der Waals surface area contributed by atoms with E-state index in [9.17, 15) is 9.59 Å². The van der Waals surface area contributed by atoms with E-state index < -0.39 is 5.97 Å². The topological polar surface area (TPSA) is 59.5 Å². The summed E-state index contributed by atoms with van der Waals surface area (Å²) in [4.78, 5) is 29.4. The normalized spacial score (nSPS) is 10.3. The lowest BCUT2D eigenvalue weighted by atomic mass is 10.1. The zero-order valence-corrected chi connectivity index (χ0v) is 13.6. The molecule has 2 aromatic rings. The summed E-state index contributed by atoms with van der Waals surface area (Å²) < 4.78 is 4.53. The van der Waals surface area contributed by atoms with Gasteiger partial charge < -0.3 is 4.74 Å². The summed E-state index contributed by atoms with van der Waals surface area (Å²) in [6.45, 7) is 4.33. The SMILES string of the molecule is CCN(C(=O)CC(=O)OC)c1nc(-c2ccc(C)cc2)cs1. The van der Waals surface area contributed by atoms with Crippen LogP contribution >= 0.6 is 11.3 Å². The molecule has 0 aliphatic rings. The van der Waals surface area contributed by atoms with Crippen molar-refractivity contribution < 1.29 is 14.3 Å². The number of aryl methyl sites for hydroxylation is 1. The zero-order valence-electron chi connectivity index (χ0n) is 12.8. The lowest BCUT2D eigenvalue weighted by molar-refractivity contribution is -0.143. The Bertz CT molecular complexity index is 664. The van der Waals surface area contributed by atoms with E-state index in [2.05, 4.69) is 9.72 Å². The predicted octanol–water partition coefficient (Wildman–Crippen LogP) is 3.03. The average molecular weight is 318 g/mol. The number of hydrogen-bond acceptors (Lipinski definition) is 5. The highest BCUT2D eigenvalue weighted by atomic mass is 32.1. The average Bonchev–Trinajstić information content (AvgIpc) is 2.98. The molecule has 1 heterocycles. The molecule has 0 atom stereocenters. The smallest absolute Gasteiger partial charge is 0.315 e. The number of thiazole rings is 1. The number of esters is 1. The predicted molar refractivity (Wildman–Crippen MR) is 86.9 cm³/mol. The molecule has 0 N–H and O–H groups in total. The van der Waals surface area contributed by atoms with Gasteiger partial charge in [0.1, 0.15) is 6.42 Å². The van der Waals surface area contributed by atoms with Crippen LogP contribution in [0.15, 0.2) is 29.6 Å². The molecule has 0 saturated heterocycles. The molecule has 0 spiro atoms. The molecule has 116 valence electrons. The number of hydrogen-bond donors (Lipinski definition) is 0. The number of carbonyl (C=O) groups is 2. The van der Waals surface area contributed by atoms with Gasteiger partial charge in [-0.05, 0) is 13.8 Å². The van der Waals surface area contributed by atoms with Crippen LogP contribution in [0.3, 0.4) is 0 Å². The Hall–Kier alpha value is -2.21. The maximum atomic E-state index is 12.1. The van der Waals surface area contributed by atoms with E-state index in [1.54, 1.807) is 0 Å². The molecule has 0 radical (unpaired) electrons. The van der Waals surface area contributed by atoms with Crippen LogP contribution in [-0.4, -0.2) is 30.5 Å². The van der Waals surface area contributed by atoms with Crippen LogP contribution in [0.25, 0.3) is 11.3 Å². The summed E-state index contributed by atoms with van der Waals surface area (Å²) in [5, 5.41) is 2.50. The van der Waals surface area contributed by atoms with Crippen LogP contribution in [0.2, 0.25) is 0 Å². The van der Waals surface area contributed by atoms with Crippen LogP contribution in [0.4, 0.5) is 5.13 Å². The van der Waals surface area contributed by atoms with Crippen molar-refractivity contribution in [2.75, 3.05) is 18.6 Å². The fourth-order valence-electron chi connectivity index (χ4n) is 1.95. The summed E-state index contributed by atoms with van der Waals surface area (Å²) in [5.41, 5.74) is 3.01. The first-order chi connectivity index (χ1) is 10.5. The molecule has 0 fully saturated rings. The number of aromatic nitrogens is 1. The molecular formula is C16H18N2O3S. The largest absolute Gasteiger partial charge is 0.469 e. The Morgan fingerprint density at radius 2 is 1.95 bits per heavy atom. The van der Waals surface area contributed by atoms with E-state index in [0.29, 0.717) is 11.7 Å². The maximum absolute atomic E-state index is 12.1. The number of anilines is 1. The minimum atomic E-state index is -0.543. The molecular weight excluding hydrogens is 300 g/mol. The minimum Gasteiger partial charge on any atom is -0.469 e. The molecule has 0 aliphatic heterocycles. The van der Waals surface area contributed by atoms with Gasteiger partial charge in [0.05, 0.1) is 12.8 Å². The molecule has 0 saturated carbocycles. The quantitative estimate of drug-likeness (QED) is 0.628. The van der Waals surface area contributed by atoms with E-state index in [-0.39, 0.29) is 12.3 Å². The number of nitrogens with zero attached hydrogens (tertiary/aromatic N) is 2. The summed E-state index contributed by atoms with van der Waals surface area (Å²) in [6.07, 6.45) is -0.274. The Morgan fingerprint density at radius 3 is 2.55 bits per heavy atom. The third-order valence-corrected chi connectivity index (χ3v) is 4.07. The first-order valence-corrected chi connectivity index (χ1v) is 7.83. The number of rotatable bonds is 5. The van der Waals surface area contributed by atoms with Gasteiger partial charge in [-0.3, -0.25) is 14.5 Å². The van der Waals surface area contributed by atoms with Gasteiger partial charge in [0, 0.05) is 17.5 Å². The van der Waals surface area contributed by atoms with Crippen molar-refractivity contribution in [2.45, 2.75) is 20.3 Å². The first-order valence-electron chi connectivity index (χ1n) is 6.95. The van der Waals surface area contributed by atoms with E-state index in [0.717, 1.165) is 11.3 Å². The Kier molecular flexibility index (Phi) is 5.27. The summed E-state index contributed by atoms with van der Waals surface area (Å²) in [7, 11) is 1.27. The Labute approximate surface area is 133 Å². The molecule has 6 heteroatoms. The second-order valence-electron chi connectivity index (χ2n) is 4.77. The highest BCUT2D eigenvalue weighted by molar-refractivity contribution is 7.14.